The van der Waals surface area contributed by atoms with Crippen LogP contribution < -0.4 is 10.6 Å². The zero-order valence-electron chi connectivity index (χ0n) is 14.5. The van der Waals surface area contributed by atoms with Crippen LogP contribution in [0.4, 0.5) is 5.69 Å². The summed E-state index contributed by atoms with van der Waals surface area (Å²) in [6.45, 7) is 8.09. The molecule has 23 heavy (non-hydrogen) atoms. The summed E-state index contributed by atoms with van der Waals surface area (Å²) in [4.78, 5) is 23.7. The van der Waals surface area contributed by atoms with E-state index in [1.54, 1.807) is 6.07 Å². The average molecular weight is 320 g/mol. The van der Waals surface area contributed by atoms with Crippen LogP contribution in [-0.2, 0) is 22.4 Å². The van der Waals surface area contributed by atoms with Gasteiger partial charge in [-0.05, 0) is 42.0 Å². The van der Waals surface area contributed by atoms with Gasteiger partial charge in [0.05, 0.1) is 6.10 Å². The Kier molecular flexibility index (Phi) is 7.75. The molecule has 0 radical (unpaired) electrons. The fourth-order valence-electron chi connectivity index (χ4n) is 2.32. The van der Waals surface area contributed by atoms with Crippen LogP contribution in [0.3, 0.4) is 0 Å². The number of carbonyl (C=O) groups excluding carboxylic acids is 2. The quantitative estimate of drug-likeness (QED) is 0.674. The Bertz CT molecular complexity index is 543. The molecule has 0 aliphatic rings. The highest BCUT2D eigenvalue weighted by molar-refractivity contribution is 6.39. The topological polar surface area (TPSA) is 78.4 Å². The fourth-order valence-corrected chi connectivity index (χ4v) is 2.32. The Morgan fingerprint density at radius 2 is 1.74 bits per heavy atom. The van der Waals surface area contributed by atoms with E-state index in [4.69, 9.17) is 0 Å². The maximum absolute atomic E-state index is 11.9. The number of rotatable bonds is 7. The predicted octanol–water partition coefficient (Wildman–Crippen LogP) is 2.27. The summed E-state index contributed by atoms with van der Waals surface area (Å²) in [5.74, 6) is -1.37. The Morgan fingerprint density at radius 3 is 2.30 bits per heavy atom. The summed E-state index contributed by atoms with van der Waals surface area (Å²) >= 11 is 0. The molecule has 1 rings (SSSR count). The number of benzene rings is 1. The molecular formula is C18H28N2O3. The number of hydrogen-bond donors (Lipinski definition) is 3. The fraction of sp³-hybridized carbons (Fsp3) is 0.556. The molecule has 0 fully saturated rings. The molecule has 0 saturated carbocycles. The summed E-state index contributed by atoms with van der Waals surface area (Å²) in [7, 11) is 0. The van der Waals surface area contributed by atoms with Crippen molar-refractivity contribution in [3.05, 3.63) is 29.3 Å². The third kappa shape index (κ3) is 5.67. The van der Waals surface area contributed by atoms with Gasteiger partial charge in [-0.2, -0.15) is 0 Å². The predicted molar refractivity (Wildman–Crippen MR) is 92.3 cm³/mol. The summed E-state index contributed by atoms with van der Waals surface area (Å²) in [5.41, 5.74) is 3.02. The zero-order chi connectivity index (χ0) is 17.4. The molecule has 0 saturated heterocycles. The molecule has 2 atom stereocenters. The van der Waals surface area contributed by atoms with Crippen molar-refractivity contribution >= 4 is 17.5 Å². The van der Waals surface area contributed by atoms with Gasteiger partial charge in [0, 0.05) is 12.2 Å². The van der Waals surface area contributed by atoms with Crippen LogP contribution in [0.5, 0.6) is 0 Å². The van der Waals surface area contributed by atoms with E-state index >= 15 is 0 Å². The number of nitrogens with one attached hydrogen (secondary N) is 2. The maximum atomic E-state index is 11.9. The molecule has 5 heteroatoms. The van der Waals surface area contributed by atoms with Crippen molar-refractivity contribution in [2.75, 3.05) is 11.9 Å². The number of hydrogen-bond acceptors (Lipinski definition) is 3. The van der Waals surface area contributed by atoms with Crippen molar-refractivity contribution in [2.24, 2.45) is 5.92 Å². The normalized spacial score (nSPS) is 13.3. The Labute approximate surface area is 138 Å². The molecule has 0 aromatic heterocycles. The van der Waals surface area contributed by atoms with E-state index in [1.807, 2.05) is 26.0 Å². The van der Waals surface area contributed by atoms with Gasteiger partial charge in [-0.25, -0.2) is 0 Å². The molecular weight excluding hydrogens is 292 g/mol. The Hall–Kier alpha value is -1.88. The summed E-state index contributed by atoms with van der Waals surface area (Å²) in [5, 5.41) is 14.9. The standard InChI is InChI=1S/C18H28N2O3/c1-5-12(4)16(21)11-19-17(22)18(23)20-15-9-8-13(6-2)14(7-3)10-15/h8-10,12,16,21H,5-7,11H2,1-4H3,(H,19,22)(H,20,23). The smallest absolute Gasteiger partial charge is 0.313 e. The van der Waals surface area contributed by atoms with Gasteiger partial charge in [0.25, 0.3) is 0 Å². The summed E-state index contributed by atoms with van der Waals surface area (Å²) in [6.07, 6.45) is 1.98. The van der Waals surface area contributed by atoms with Crippen LogP contribution in [0.25, 0.3) is 0 Å². The molecule has 5 nitrogen and oxygen atoms in total. The first-order valence-corrected chi connectivity index (χ1v) is 8.31. The SMILES string of the molecule is CCc1ccc(NC(=O)C(=O)NCC(O)C(C)CC)cc1CC. The molecule has 1 aromatic rings. The average Bonchev–Trinajstić information content (AvgIpc) is 2.58. The van der Waals surface area contributed by atoms with Crippen LogP contribution in [0.2, 0.25) is 0 Å². The minimum Gasteiger partial charge on any atom is -0.391 e. The zero-order valence-corrected chi connectivity index (χ0v) is 14.5. The number of anilines is 1. The molecule has 3 N–H and O–H groups in total. The van der Waals surface area contributed by atoms with Gasteiger partial charge in [-0.1, -0.05) is 40.2 Å². The van der Waals surface area contributed by atoms with Crippen molar-refractivity contribution < 1.29 is 14.7 Å². The molecule has 2 unspecified atom stereocenters. The molecule has 1 aromatic carbocycles. The van der Waals surface area contributed by atoms with E-state index in [0.29, 0.717) is 5.69 Å². The number of aliphatic hydroxyl groups excluding tert-OH is 1. The van der Waals surface area contributed by atoms with E-state index in [1.165, 1.54) is 5.56 Å². The van der Waals surface area contributed by atoms with Gasteiger partial charge in [0.1, 0.15) is 0 Å². The minimum atomic E-state index is -0.732. The lowest BCUT2D eigenvalue weighted by atomic mass is 10.0. The summed E-state index contributed by atoms with van der Waals surface area (Å²) in [6, 6.07) is 5.67. The lowest BCUT2D eigenvalue weighted by Gasteiger charge is -2.17. The monoisotopic (exact) mass is 320 g/mol. The molecule has 0 aliphatic carbocycles. The van der Waals surface area contributed by atoms with Gasteiger partial charge in [0.15, 0.2) is 0 Å². The highest BCUT2D eigenvalue weighted by Crippen LogP contribution is 2.17. The second kappa shape index (κ2) is 9.30. The third-order valence-electron chi connectivity index (χ3n) is 4.20. The molecule has 128 valence electrons. The van der Waals surface area contributed by atoms with Gasteiger partial charge in [0.2, 0.25) is 0 Å². The van der Waals surface area contributed by atoms with Crippen LogP contribution >= 0.6 is 0 Å². The van der Waals surface area contributed by atoms with E-state index in [0.717, 1.165) is 24.8 Å². The van der Waals surface area contributed by atoms with E-state index in [2.05, 4.69) is 24.5 Å². The number of carbonyl (C=O) groups is 2. The van der Waals surface area contributed by atoms with Crippen LogP contribution in [0.1, 0.15) is 45.2 Å². The van der Waals surface area contributed by atoms with Gasteiger partial charge in [-0.3, -0.25) is 9.59 Å². The van der Waals surface area contributed by atoms with Gasteiger partial charge >= 0.3 is 11.8 Å². The molecule has 0 bridgehead atoms. The second-order valence-corrected chi connectivity index (χ2v) is 5.81. The minimum absolute atomic E-state index is 0.0760. The first-order chi connectivity index (χ1) is 10.9. The second-order valence-electron chi connectivity index (χ2n) is 5.81. The van der Waals surface area contributed by atoms with E-state index in [9.17, 15) is 14.7 Å². The highest BCUT2D eigenvalue weighted by atomic mass is 16.3. The van der Waals surface area contributed by atoms with Gasteiger partial charge in [-0.15, -0.1) is 0 Å². The third-order valence-corrected chi connectivity index (χ3v) is 4.20. The van der Waals surface area contributed by atoms with Crippen LogP contribution in [0, 0.1) is 5.92 Å². The largest absolute Gasteiger partial charge is 0.391 e. The van der Waals surface area contributed by atoms with E-state index < -0.39 is 17.9 Å². The first kappa shape index (κ1) is 19.2. The van der Waals surface area contributed by atoms with Crippen LogP contribution in [-0.4, -0.2) is 29.6 Å². The first-order valence-electron chi connectivity index (χ1n) is 8.31. The maximum Gasteiger partial charge on any atom is 0.313 e. The van der Waals surface area contributed by atoms with Gasteiger partial charge < -0.3 is 15.7 Å². The van der Waals surface area contributed by atoms with E-state index in [-0.39, 0.29) is 12.5 Å². The Morgan fingerprint density at radius 1 is 1.09 bits per heavy atom. The number of aryl methyl sites for hydroxylation is 2. The summed E-state index contributed by atoms with van der Waals surface area (Å²) < 4.78 is 0. The molecule has 0 aliphatic heterocycles. The molecule has 0 spiro atoms. The van der Waals surface area contributed by atoms with Crippen molar-refractivity contribution in [3.8, 4) is 0 Å². The van der Waals surface area contributed by atoms with Crippen molar-refractivity contribution in [1.82, 2.24) is 5.32 Å². The van der Waals surface area contributed by atoms with Crippen LogP contribution in [0.15, 0.2) is 18.2 Å². The van der Waals surface area contributed by atoms with Crippen molar-refractivity contribution in [1.29, 1.82) is 0 Å². The van der Waals surface area contributed by atoms with Crippen molar-refractivity contribution in [3.63, 3.8) is 0 Å². The number of amides is 2. The lowest BCUT2D eigenvalue weighted by Crippen LogP contribution is -2.41. The Balaban J connectivity index is 2.60. The van der Waals surface area contributed by atoms with Crippen molar-refractivity contribution in [2.45, 2.75) is 53.1 Å². The molecule has 2 amide bonds. The molecule has 0 heterocycles. The number of aliphatic hydroxyl groups is 1. The lowest BCUT2D eigenvalue weighted by molar-refractivity contribution is -0.136. The highest BCUT2D eigenvalue weighted by Gasteiger charge is 2.18.